The quantitative estimate of drug-likeness (QED) is 0.706. The first-order valence-corrected chi connectivity index (χ1v) is 4.21. The number of hydrogen-bond donors (Lipinski definition) is 2. The molecule has 3 heteroatoms. The van der Waals surface area contributed by atoms with Crippen molar-refractivity contribution in [1.82, 2.24) is 5.32 Å². The monoisotopic (exact) mass is 168 g/mol. The van der Waals surface area contributed by atoms with E-state index in [0.29, 0.717) is 12.6 Å². The van der Waals surface area contributed by atoms with Crippen molar-refractivity contribution in [2.75, 3.05) is 6.54 Å². The lowest BCUT2D eigenvalue weighted by Crippen LogP contribution is -2.32. The number of nitrogens with one attached hydrogen (secondary N) is 1. The molecule has 12 heavy (non-hydrogen) atoms. The second kappa shape index (κ2) is 4.28. The molecule has 1 heterocycles. The summed E-state index contributed by atoms with van der Waals surface area (Å²) < 4.78 is 5.38. The Morgan fingerprint density at radius 2 is 2.33 bits per heavy atom. The molecule has 0 amide bonds. The molecule has 1 atom stereocenters. The third kappa shape index (κ3) is 2.68. The first-order chi connectivity index (χ1) is 5.72. The van der Waals surface area contributed by atoms with Gasteiger partial charge in [-0.2, -0.15) is 0 Å². The zero-order valence-electron chi connectivity index (χ0n) is 7.63. The van der Waals surface area contributed by atoms with Crippen LogP contribution < -0.4 is 11.1 Å². The Labute approximate surface area is 72.9 Å². The Morgan fingerprint density at radius 3 is 2.83 bits per heavy atom. The van der Waals surface area contributed by atoms with E-state index >= 15 is 0 Å². The predicted octanol–water partition coefficient (Wildman–Crippen LogP) is 1.02. The minimum absolute atomic E-state index is 0.343. The van der Waals surface area contributed by atoms with E-state index in [1.807, 2.05) is 19.1 Å². The molecule has 0 aliphatic rings. The lowest BCUT2D eigenvalue weighted by Gasteiger charge is -2.08. The van der Waals surface area contributed by atoms with Gasteiger partial charge in [0, 0.05) is 12.6 Å². The lowest BCUT2D eigenvalue weighted by atomic mass is 10.3. The fourth-order valence-electron chi connectivity index (χ4n) is 0.938. The van der Waals surface area contributed by atoms with Crippen molar-refractivity contribution in [3.8, 4) is 0 Å². The van der Waals surface area contributed by atoms with E-state index in [1.165, 1.54) is 0 Å². The molecule has 0 aromatic carbocycles. The molecule has 1 rings (SSSR count). The standard InChI is InChI=1S/C9H16N2O/c1-7(5-10)11-6-9-4-3-8(2)12-9/h3-4,7,11H,5-6,10H2,1-2H3/t7-/m0/s1. The molecule has 3 nitrogen and oxygen atoms in total. The van der Waals surface area contributed by atoms with E-state index in [2.05, 4.69) is 12.2 Å². The van der Waals surface area contributed by atoms with E-state index in [-0.39, 0.29) is 0 Å². The molecule has 1 aromatic heterocycles. The molecular weight excluding hydrogens is 152 g/mol. The van der Waals surface area contributed by atoms with Gasteiger partial charge >= 0.3 is 0 Å². The fourth-order valence-corrected chi connectivity index (χ4v) is 0.938. The van der Waals surface area contributed by atoms with Crippen molar-refractivity contribution in [2.24, 2.45) is 5.73 Å². The highest BCUT2D eigenvalue weighted by Gasteiger charge is 2.00. The van der Waals surface area contributed by atoms with Crippen molar-refractivity contribution in [3.05, 3.63) is 23.7 Å². The Morgan fingerprint density at radius 1 is 1.58 bits per heavy atom. The van der Waals surface area contributed by atoms with Crippen LogP contribution >= 0.6 is 0 Å². The van der Waals surface area contributed by atoms with Crippen LogP contribution in [0.4, 0.5) is 0 Å². The third-order valence-electron chi connectivity index (χ3n) is 1.77. The first kappa shape index (κ1) is 9.29. The summed E-state index contributed by atoms with van der Waals surface area (Å²) in [4.78, 5) is 0. The Kier molecular flexibility index (Phi) is 3.31. The molecule has 1 aromatic rings. The highest BCUT2D eigenvalue weighted by Crippen LogP contribution is 2.05. The van der Waals surface area contributed by atoms with Gasteiger partial charge in [0.1, 0.15) is 11.5 Å². The number of aryl methyl sites for hydroxylation is 1. The average molecular weight is 168 g/mol. The van der Waals surface area contributed by atoms with E-state index in [1.54, 1.807) is 0 Å². The van der Waals surface area contributed by atoms with Crippen molar-refractivity contribution in [3.63, 3.8) is 0 Å². The molecule has 0 bridgehead atoms. The summed E-state index contributed by atoms with van der Waals surface area (Å²) in [6.45, 7) is 5.40. The maximum atomic E-state index is 5.45. The van der Waals surface area contributed by atoms with Gasteiger partial charge < -0.3 is 15.5 Å². The summed E-state index contributed by atoms with van der Waals surface area (Å²) in [7, 11) is 0. The summed E-state index contributed by atoms with van der Waals surface area (Å²) in [5, 5.41) is 3.24. The molecule has 0 aliphatic heterocycles. The zero-order valence-corrected chi connectivity index (χ0v) is 7.63. The Balaban J connectivity index is 2.33. The molecule has 0 aliphatic carbocycles. The van der Waals surface area contributed by atoms with Crippen LogP contribution in [-0.4, -0.2) is 12.6 Å². The molecule has 0 fully saturated rings. The molecule has 3 N–H and O–H groups in total. The van der Waals surface area contributed by atoms with Gasteiger partial charge in [0.05, 0.1) is 6.54 Å². The van der Waals surface area contributed by atoms with Gasteiger partial charge in [-0.05, 0) is 26.0 Å². The largest absolute Gasteiger partial charge is 0.465 e. The number of furan rings is 1. The SMILES string of the molecule is Cc1ccc(CN[C@@H](C)CN)o1. The van der Waals surface area contributed by atoms with Crippen molar-refractivity contribution < 1.29 is 4.42 Å². The van der Waals surface area contributed by atoms with E-state index in [4.69, 9.17) is 10.2 Å². The number of nitrogens with two attached hydrogens (primary N) is 1. The number of rotatable bonds is 4. The summed E-state index contributed by atoms with van der Waals surface area (Å²) >= 11 is 0. The van der Waals surface area contributed by atoms with Gasteiger partial charge in [-0.1, -0.05) is 0 Å². The van der Waals surface area contributed by atoms with Crippen LogP contribution in [0.1, 0.15) is 18.4 Å². The Bertz CT molecular complexity index is 232. The topological polar surface area (TPSA) is 51.2 Å². The molecule has 0 radical (unpaired) electrons. The van der Waals surface area contributed by atoms with Crippen LogP contribution in [0.3, 0.4) is 0 Å². The molecule has 0 spiro atoms. The minimum Gasteiger partial charge on any atom is -0.465 e. The van der Waals surface area contributed by atoms with Gasteiger partial charge in [-0.15, -0.1) is 0 Å². The van der Waals surface area contributed by atoms with Crippen LogP contribution in [0.15, 0.2) is 16.5 Å². The second-order valence-corrected chi connectivity index (χ2v) is 3.03. The van der Waals surface area contributed by atoms with E-state index in [9.17, 15) is 0 Å². The highest BCUT2D eigenvalue weighted by atomic mass is 16.3. The number of hydrogen-bond acceptors (Lipinski definition) is 3. The smallest absolute Gasteiger partial charge is 0.117 e. The normalized spacial score (nSPS) is 13.2. The molecule has 68 valence electrons. The van der Waals surface area contributed by atoms with Crippen LogP contribution in [0.2, 0.25) is 0 Å². The summed E-state index contributed by atoms with van der Waals surface area (Å²) in [5.74, 6) is 1.92. The molecule has 0 saturated heterocycles. The second-order valence-electron chi connectivity index (χ2n) is 3.03. The van der Waals surface area contributed by atoms with Crippen molar-refractivity contribution in [2.45, 2.75) is 26.4 Å². The van der Waals surface area contributed by atoms with Gasteiger partial charge in [-0.25, -0.2) is 0 Å². The summed E-state index contributed by atoms with van der Waals surface area (Å²) in [6.07, 6.45) is 0. The molecule has 0 unspecified atom stereocenters. The van der Waals surface area contributed by atoms with Crippen LogP contribution in [0.25, 0.3) is 0 Å². The third-order valence-corrected chi connectivity index (χ3v) is 1.77. The van der Waals surface area contributed by atoms with Crippen molar-refractivity contribution in [1.29, 1.82) is 0 Å². The van der Waals surface area contributed by atoms with Crippen molar-refractivity contribution >= 4 is 0 Å². The van der Waals surface area contributed by atoms with Gasteiger partial charge in [0.2, 0.25) is 0 Å². The minimum atomic E-state index is 0.343. The van der Waals surface area contributed by atoms with Crippen LogP contribution in [-0.2, 0) is 6.54 Å². The van der Waals surface area contributed by atoms with Gasteiger partial charge in [0.25, 0.3) is 0 Å². The molecular formula is C9H16N2O. The predicted molar refractivity (Wildman–Crippen MR) is 48.8 cm³/mol. The first-order valence-electron chi connectivity index (χ1n) is 4.21. The van der Waals surface area contributed by atoms with Crippen LogP contribution in [0.5, 0.6) is 0 Å². The summed E-state index contributed by atoms with van der Waals surface area (Å²) in [6, 6.07) is 4.28. The Hall–Kier alpha value is -0.800. The summed E-state index contributed by atoms with van der Waals surface area (Å²) in [5.41, 5.74) is 5.45. The lowest BCUT2D eigenvalue weighted by molar-refractivity contribution is 0.442. The van der Waals surface area contributed by atoms with Gasteiger partial charge in [0.15, 0.2) is 0 Å². The van der Waals surface area contributed by atoms with E-state index in [0.717, 1.165) is 18.1 Å². The maximum Gasteiger partial charge on any atom is 0.117 e. The van der Waals surface area contributed by atoms with E-state index < -0.39 is 0 Å². The zero-order chi connectivity index (χ0) is 8.97. The molecule has 0 saturated carbocycles. The maximum absolute atomic E-state index is 5.45. The fraction of sp³-hybridized carbons (Fsp3) is 0.556. The van der Waals surface area contributed by atoms with Gasteiger partial charge in [-0.3, -0.25) is 0 Å². The average Bonchev–Trinajstić information content (AvgIpc) is 2.47. The van der Waals surface area contributed by atoms with Crippen LogP contribution in [0, 0.1) is 6.92 Å². The highest BCUT2D eigenvalue weighted by molar-refractivity contribution is 5.05.